The van der Waals surface area contributed by atoms with Gasteiger partial charge in [0.05, 0.1) is 22.6 Å². The third-order valence-corrected chi connectivity index (χ3v) is 3.21. The van der Waals surface area contributed by atoms with E-state index in [0.717, 1.165) is 4.88 Å². The number of halogens is 1. The predicted molar refractivity (Wildman–Crippen MR) is 61.3 cm³/mol. The number of nitrogens with zero attached hydrogens (tertiary/aromatic N) is 2. The Morgan fingerprint density at radius 2 is 2.40 bits per heavy atom. The summed E-state index contributed by atoms with van der Waals surface area (Å²) in [4.78, 5) is 16.3. The topological polar surface area (TPSA) is 60.9 Å². The van der Waals surface area contributed by atoms with Crippen molar-refractivity contribution in [2.75, 3.05) is 5.73 Å². The van der Waals surface area contributed by atoms with Crippen molar-refractivity contribution in [3.8, 4) is 0 Å². The molecule has 0 bridgehead atoms. The SMILES string of the molecule is Nc1cccn(Cc2scnc2Cl)c1=O. The standard InChI is InChI=1S/C9H8ClN3OS/c10-8-7(15-5-12-8)4-13-3-1-2-6(11)9(13)14/h1-3,5H,4,11H2. The number of rotatable bonds is 2. The van der Waals surface area contributed by atoms with E-state index in [4.69, 9.17) is 17.3 Å². The van der Waals surface area contributed by atoms with Gasteiger partial charge in [-0.05, 0) is 12.1 Å². The molecule has 2 N–H and O–H groups in total. The molecule has 2 rings (SSSR count). The summed E-state index contributed by atoms with van der Waals surface area (Å²) in [6.45, 7) is 0.410. The maximum absolute atomic E-state index is 11.6. The van der Waals surface area contributed by atoms with Crippen molar-refractivity contribution in [2.24, 2.45) is 0 Å². The summed E-state index contributed by atoms with van der Waals surface area (Å²) in [7, 11) is 0. The number of pyridine rings is 1. The van der Waals surface area contributed by atoms with Gasteiger partial charge in [-0.1, -0.05) is 11.6 Å². The molecule has 0 aliphatic rings. The van der Waals surface area contributed by atoms with Crippen molar-refractivity contribution in [2.45, 2.75) is 6.54 Å². The molecule has 0 amide bonds. The fourth-order valence-corrected chi connectivity index (χ4v) is 2.14. The molecule has 0 unspecified atom stereocenters. The Morgan fingerprint density at radius 1 is 1.60 bits per heavy atom. The lowest BCUT2D eigenvalue weighted by molar-refractivity contribution is 0.771. The lowest BCUT2D eigenvalue weighted by atomic mass is 10.4. The van der Waals surface area contributed by atoms with Gasteiger partial charge in [-0.2, -0.15) is 0 Å². The van der Waals surface area contributed by atoms with Crippen LogP contribution in [0.2, 0.25) is 5.15 Å². The Labute approximate surface area is 94.9 Å². The molecule has 4 nitrogen and oxygen atoms in total. The minimum absolute atomic E-state index is 0.207. The van der Waals surface area contributed by atoms with Crippen molar-refractivity contribution >= 4 is 28.6 Å². The van der Waals surface area contributed by atoms with Crippen LogP contribution >= 0.6 is 22.9 Å². The van der Waals surface area contributed by atoms with Gasteiger partial charge in [0.25, 0.3) is 5.56 Å². The lowest BCUT2D eigenvalue weighted by Gasteiger charge is -2.04. The molecule has 6 heteroatoms. The van der Waals surface area contributed by atoms with Gasteiger partial charge in [0.1, 0.15) is 5.15 Å². The van der Waals surface area contributed by atoms with E-state index < -0.39 is 0 Å². The van der Waals surface area contributed by atoms with Crippen LogP contribution in [0.1, 0.15) is 4.88 Å². The monoisotopic (exact) mass is 241 g/mol. The highest BCUT2D eigenvalue weighted by atomic mass is 35.5. The highest BCUT2D eigenvalue weighted by Crippen LogP contribution is 2.18. The lowest BCUT2D eigenvalue weighted by Crippen LogP contribution is -2.22. The predicted octanol–water partition coefficient (Wildman–Crippen LogP) is 1.59. The average molecular weight is 242 g/mol. The number of thiazole rings is 1. The van der Waals surface area contributed by atoms with Gasteiger partial charge in [0.15, 0.2) is 0 Å². The fraction of sp³-hybridized carbons (Fsp3) is 0.111. The third kappa shape index (κ3) is 2.03. The second-order valence-corrected chi connectivity index (χ2v) is 4.26. The van der Waals surface area contributed by atoms with E-state index in [0.29, 0.717) is 11.7 Å². The highest BCUT2D eigenvalue weighted by molar-refractivity contribution is 7.10. The van der Waals surface area contributed by atoms with Gasteiger partial charge in [-0.15, -0.1) is 11.3 Å². The van der Waals surface area contributed by atoms with Gasteiger partial charge in [0, 0.05) is 6.20 Å². The first kappa shape index (κ1) is 10.2. The maximum atomic E-state index is 11.6. The van der Waals surface area contributed by atoms with Gasteiger partial charge >= 0.3 is 0 Å². The second-order valence-electron chi connectivity index (χ2n) is 2.96. The fourth-order valence-electron chi connectivity index (χ4n) is 1.19. The van der Waals surface area contributed by atoms with E-state index in [1.165, 1.54) is 15.9 Å². The average Bonchev–Trinajstić information content (AvgIpc) is 2.60. The van der Waals surface area contributed by atoms with Crippen LogP contribution in [0.3, 0.4) is 0 Å². The largest absolute Gasteiger partial charge is 0.394 e. The molecule has 0 spiro atoms. The molecule has 2 aromatic rings. The molecule has 0 fully saturated rings. The molecule has 0 aliphatic carbocycles. The van der Waals surface area contributed by atoms with E-state index in [2.05, 4.69) is 4.98 Å². The zero-order valence-corrected chi connectivity index (χ0v) is 9.26. The molecule has 78 valence electrons. The van der Waals surface area contributed by atoms with Crippen molar-refractivity contribution in [3.63, 3.8) is 0 Å². The summed E-state index contributed by atoms with van der Waals surface area (Å²) in [5.41, 5.74) is 7.18. The first-order valence-corrected chi connectivity index (χ1v) is 5.47. The highest BCUT2D eigenvalue weighted by Gasteiger charge is 2.06. The summed E-state index contributed by atoms with van der Waals surface area (Å²) < 4.78 is 1.51. The van der Waals surface area contributed by atoms with Gasteiger partial charge in [-0.25, -0.2) is 4.98 Å². The normalized spacial score (nSPS) is 10.5. The molecule has 2 heterocycles. The first-order chi connectivity index (χ1) is 7.18. The summed E-state index contributed by atoms with van der Waals surface area (Å²) >= 11 is 7.25. The van der Waals surface area contributed by atoms with E-state index in [1.807, 2.05) is 0 Å². The zero-order valence-electron chi connectivity index (χ0n) is 7.68. The van der Waals surface area contributed by atoms with Crippen LogP contribution in [0.25, 0.3) is 0 Å². The van der Waals surface area contributed by atoms with Crippen molar-refractivity contribution in [3.05, 3.63) is 44.2 Å². The molecule has 0 aliphatic heterocycles. The molecular formula is C9H8ClN3OS. The van der Waals surface area contributed by atoms with Gasteiger partial charge in [0.2, 0.25) is 0 Å². The summed E-state index contributed by atoms with van der Waals surface area (Å²) in [5.74, 6) is 0. The van der Waals surface area contributed by atoms with Gasteiger partial charge in [-0.3, -0.25) is 4.79 Å². The quantitative estimate of drug-likeness (QED) is 0.869. The number of hydrogen-bond donors (Lipinski definition) is 1. The van der Waals surface area contributed by atoms with Crippen molar-refractivity contribution in [1.29, 1.82) is 0 Å². The summed E-state index contributed by atoms with van der Waals surface area (Å²) in [6.07, 6.45) is 1.68. The minimum atomic E-state index is -0.207. The van der Waals surface area contributed by atoms with Gasteiger partial charge < -0.3 is 10.3 Å². The first-order valence-electron chi connectivity index (χ1n) is 4.21. The Morgan fingerprint density at radius 3 is 3.07 bits per heavy atom. The minimum Gasteiger partial charge on any atom is -0.394 e. The zero-order chi connectivity index (χ0) is 10.8. The summed E-state index contributed by atoms with van der Waals surface area (Å²) in [6, 6.07) is 3.30. The number of nitrogen functional groups attached to an aromatic ring is 1. The van der Waals surface area contributed by atoms with E-state index >= 15 is 0 Å². The Hall–Kier alpha value is -1.33. The van der Waals surface area contributed by atoms with Crippen LogP contribution < -0.4 is 11.3 Å². The molecule has 0 aromatic carbocycles. The Kier molecular flexibility index (Phi) is 2.75. The van der Waals surface area contributed by atoms with Crippen LogP contribution in [0.15, 0.2) is 28.6 Å². The molecule has 15 heavy (non-hydrogen) atoms. The molecular weight excluding hydrogens is 234 g/mol. The van der Waals surface area contributed by atoms with Crippen LogP contribution in [0, 0.1) is 0 Å². The summed E-state index contributed by atoms with van der Waals surface area (Å²) in [5, 5.41) is 0.439. The smallest absolute Gasteiger partial charge is 0.273 e. The molecule has 2 aromatic heterocycles. The molecule has 0 saturated carbocycles. The number of nitrogens with two attached hydrogens (primary N) is 1. The number of hydrogen-bond acceptors (Lipinski definition) is 4. The number of anilines is 1. The van der Waals surface area contributed by atoms with E-state index in [-0.39, 0.29) is 11.2 Å². The van der Waals surface area contributed by atoms with Crippen LogP contribution in [-0.2, 0) is 6.54 Å². The van der Waals surface area contributed by atoms with Crippen LogP contribution in [0.5, 0.6) is 0 Å². The third-order valence-electron chi connectivity index (χ3n) is 1.95. The maximum Gasteiger partial charge on any atom is 0.273 e. The molecule has 0 atom stereocenters. The van der Waals surface area contributed by atoms with Crippen LogP contribution in [-0.4, -0.2) is 9.55 Å². The van der Waals surface area contributed by atoms with Crippen molar-refractivity contribution in [1.82, 2.24) is 9.55 Å². The van der Waals surface area contributed by atoms with E-state index in [1.54, 1.807) is 23.8 Å². The number of aromatic nitrogens is 2. The molecule has 0 saturated heterocycles. The van der Waals surface area contributed by atoms with E-state index in [9.17, 15) is 4.79 Å². The second kappa shape index (κ2) is 4.04. The Balaban J connectivity index is 2.37. The van der Waals surface area contributed by atoms with Crippen LogP contribution in [0.4, 0.5) is 5.69 Å². The van der Waals surface area contributed by atoms with Crippen molar-refractivity contribution < 1.29 is 0 Å². The Bertz CT molecular complexity index is 534. The molecule has 0 radical (unpaired) electrons.